The molecule has 4 atom stereocenters. The monoisotopic (exact) mass is 668 g/mol. The maximum Gasteiger partial charge on any atom is 0.222 e. The lowest BCUT2D eigenvalue weighted by molar-refractivity contribution is 0.138. The number of nitrogens with zero attached hydrogens (tertiary/aromatic N) is 4. The molecule has 46 heavy (non-hydrogen) atoms. The van der Waals surface area contributed by atoms with Crippen molar-refractivity contribution >= 4 is 46.7 Å². The molecule has 8 N–H and O–H groups in total. The van der Waals surface area contributed by atoms with Crippen LogP contribution in [0.2, 0.25) is 10.0 Å². The predicted octanol–water partition coefficient (Wildman–Crippen LogP) is 6.15. The molecule has 0 amide bonds. The number of hydrogen-bond acceptors (Lipinski definition) is 12. The number of ether oxygens (including phenoxy) is 2. The van der Waals surface area contributed by atoms with Gasteiger partial charge in [-0.05, 0) is 86.6 Å². The van der Waals surface area contributed by atoms with E-state index in [1.807, 2.05) is 0 Å². The first-order chi connectivity index (χ1) is 22.2. The van der Waals surface area contributed by atoms with E-state index in [0.29, 0.717) is 63.7 Å². The van der Waals surface area contributed by atoms with E-state index in [1.165, 1.54) is 6.20 Å². The molecule has 0 radical (unpaired) electrons. The number of halogens is 2. The summed E-state index contributed by atoms with van der Waals surface area (Å²) < 4.78 is 11.6. The van der Waals surface area contributed by atoms with Crippen molar-refractivity contribution in [2.75, 3.05) is 35.2 Å². The van der Waals surface area contributed by atoms with E-state index in [9.17, 15) is 10.2 Å². The van der Waals surface area contributed by atoms with Gasteiger partial charge in [-0.25, -0.2) is 9.97 Å². The first-order valence-corrected chi connectivity index (χ1v) is 15.9. The maximum absolute atomic E-state index is 9.91. The molecule has 0 aliphatic heterocycles. The molecule has 6 rings (SSSR count). The number of nitrogens with two attached hydrogens (primary N) is 2. The first kappa shape index (κ1) is 33.3. The second-order valence-corrected chi connectivity index (χ2v) is 12.2. The van der Waals surface area contributed by atoms with Gasteiger partial charge in [0.15, 0.2) is 23.1 Å². The minimum atomic E-state index is -0.262. The van der Waals surface area contributed by atoms with Gasteiger partial charge >= 0.3 is 0 Å². The van der Waals surface area contributed by atoms with Crippen LogP contribution in [0.15, 0.2) is 60.9 Å². The number of aromatic nitrogens is 4. The van der Waals surface area contributed by atoms with Crippen LogP contribution >= 0.6 is 23.2 Å². The molecule has 2 aliphatic carbocycles. The van der Waals surface area contributed by atoms with E-state index in [2.05, 4.69) is 30.6 Å². The fourth-order valence-electron chi connectivity index (χ4n) is 5.39. The predicted molar refractivity (Wildman–Crippen MR) is 180 cm³/mol. The molecule has 14 heteroatoms. The highest BCUT2D eigenvalue weighted by Crippen LogP contribution is 2.32. The van der Waals surface area contributed by atoms with Gasteiger partial charge in [-0.3, -0.25) is 0 Å². The smallest absolute Gasteiger partial charge is 0.222 e. The Labute approximate surface area is 277 Å². The summed E-state index contributed by atoms with van der Waals surface area (Å²) in [6.45, 7) is 1.33. The van der Waals surface area contributed by atoms with Crippen molar-refractivity contribution in [1.82, 2.24) is 19.9 Å². The second-order valence-electron chi connectivity index (χ2n) is 11.3. The van der Waals surface area contributed by atoms with E-state index in [-0.39, 0.29) is 30.0 Å². The Hall–Kier alpha value is -4.10. The Morgan fingerprint density at radius 3 is 1.70 bits per heavy atom. The molecule has 2 saturated carbocycles. The minimum Gasteiger partial charge on any atom is -0.452 e. The third-order valence-corrected chi connectivity index (χ3v) is 8.36. The Kier molecular flexibility index (Phi) is 11.5. The molecular weight excluding hydrogens is 631 g/mol. The average molecular weight is 670 g/mol. The molecule has 2 aliphatic rings. The van der Waals surface area contributed by atoms with E-state index in [0.717, 1.165) is 38.5 Å². The lowest BCUT2D eigenvalue weighted by Gasteiger charge is -2.17. The number of aliphatic hydroxyl groups is 2. The highest BCUT2D eigenvalue weighted by Gasteiger charge is 2.25. The van der Waals surface area contributed by atoms with Crippen molar-refractivity contribution in [3.05, 3.63) is 71.0 Å². The zero-order valence-electron chi connectivity index (χ0n) is 25.2. The van der Waals surface area contributed by atoms with Crippen molar-refractivity contribution < 1.29 is 19.7 Å². The van der Waals surface area contributed by atoms with Gasteiger partial charge in [-0.2, -0.15) is 9.97 Å². The third-order valence-electron chi connectivity index (χ3n) is 7.85. The van der Waals surface area contributed by atoms with Crippen LogP contribution in [-0.4, -0.2) is 55.4 Å². The number of aliphatic hydroxyl groups excluding tert-OH is 2. The molecule has 0 spiro atoms. The van der Waals surface area contributed by atoms with Crippen molar-refractivity contribution in [2.24, 2.45) is 11.8 Å². The van der Waals surface area contributed by atoms with Crippen LogP contribution in [0.5, 0.6) is 23.0 Å². The molecule has 2 fully saturated rings. The summed E-state index contributed by atoms with van der Waals surface area (Å²) >= 11 is 11.7. The lowest BCUT2D eigenvalue weighted by Crippen LogP contribution is -2.22. The van der Waals surface area contributed by atoms with Gasteiger partial charge in [0.25, 0.3) is 0 Å². The summed E-state index contributed by atoms with van der Waals surface area (Å²) in [5, 5.41) is 27.3. The summed E-state index contributed by atoms with van der Waals surface area (Å²) in [5.41, 5.74) is 11.3. The van der Waals surface area contributed by atoms with Gasteiger partial charge in [-0.15, -0.1) is 0 Å². The summed E-state index contributed by atoms with van der Waals surface area (Å²) in [7, 11) is 0. The number of benzene rings is 2. The molecule has 0 bridgehead atoms. The van der Waals surface area contributed by atoms with Gasteiger partial charge in [0, 0.05) is 29.1 Å². The molecule has 0 saturated heterocycles. The van der Waals surface area contributed by atoms with Crippen molar-refractivity contribution in [3.8, 4) is 23.0 Å². The molecule has 2 heterocycles. The standard InChI is InChI=1S/2C16H19ClN4O2/c17-11-2-5-13(6-3-11)23-14-9-20-16(18)21-15(14)19-8-10-1-4-12(22)7-10;17-11-4-6-12(7-5-11)23-14-9-20-16(18)21-15(14)19-8-10-2-1-3-13(10)22/h2-3,5-6,9-10,12,22H,1,4,7-8H2,(H3,18,19,20,21);4-7,9-10,13,22H,1-3,8H2,(H3,18,19,20,21)/t10-,12+;10-,13-/m00/s1. The zero-order valence-corrected chi connectivity index (χ0v) is 26.7. The van der Waals surface area contributed by atoms with Gasteiger partial charge in [-0.1, -0.05) is 29.6 Å². The normalized spacial score (nSPS) is 20.4. The maximum atomic E-state index is 9.91. The quantitative estimate of drug-likeness (QED) is 0.113. The molecule has 0 unspecified atom stereocenters. The zero-order chi connectivity index (χ0) is 32.5. The Bertz CT molecular complexity index is 1570. The lowest BCUT2D eigenvalue weighted by atomic mass is 10.1. The highest BCUT2D eigenvalue weighted by atomic mass is 35.5. The van der Waals surface area contributed by atoms with Crippen LogP contribution in [0, 0.1) is 11.8 Å². The minimum absolute atomic E-state index is 0.169. The van der Waals surface area contributed by atoms with Crippen LogP contribution in [0.3, 0.4) is 0 Å². The van der Waals surface area contributed by atoms with Crippen LogP contribution in [0.25, 0.3) is 0 Å². The highest BCUT2D eigenvalue weighted by molar-refractivity contribution is 6.30. The van der Waals surface area contributed by atoms with E-state index < -0.39 is 0 Å². The number of nitrogen functional groups attached to an aromatic ring is 2. The van der Waals surface area contributed by atoms with Crippen LogP contribution < -0.4 is 31.6 Å². The molecule has 12 nitrogen and oxygen atoms in total. The Morgan fingerprint density at radius 2 is 1.24 bits per heavy atom. The van der Waals surface area contributed by atoms with Crippen molar-refractivity contribution in [1.29, 1.82) is 0 Å². The summed E-state index contributed by atoms with van der Waals surface area (Å²) in [6.07, 6.45) is 8.19. The van der Waals surface area contributed by atoms with Crippen LogP contribution in [0.1, 0.15) is 38.5 Å². The number of rotatable bonds is 10. The van der Waals surface area contributed by atoms with Gasteiger partial charge in [0.1, 0.15) is 11.5 Å². The summed E-state index contributed by atoms with van der Waals surface area (Å²) in [4.78, 5) is 16.4. The van der Waals surface area contributed by atoms with Gasteiger partial charge < -0.3 is 41.8 Å². The topological polar surface area (TPSA) is 187 Å². The average Bonchev–Trinajstić information content (AvgIpc) is 3.66. The van der Waals surface area contributed by atoms with Gasteiger partial charge in [0.05, 0.1) is 24.6 Å². The molecule has 2 aromatic carbocycles. The molecular formula is C32H38Cl2N8O4. The van der Waals surface area contributed by atoms with Crippen molar-refractivity contribution in [2.45, 2.75) is 50.7 Å². The largest absolute Gasteiger partial charge is 0.452 e. The number of nitrogens with one attached hydrogen (secondary N) is 2. The van der Waals surface area contributed by atoms with Gasteiger partial charge in [0.2, 0.25) is 11.9 Å². The Balaban J connectivity index is 0.000000181. The Morgan fingerprint density at radius 1 is 0.717 bits per heavy atom. The third kappa shape index (κ3) is 9.70. The first-order valence-electron chi connectivity index (χ1n) is 15.2. The second kappa shape index (κ2) is 15.9. The SMILES string of the molecule is Nc1ncc(Oc2ccc(Cl)cc2)c(NC[C@@H]2CCC[C@@H]2O)n1.Nc1ncc(Oc2ccc(Cl)cc2)c(NC[C@H]2CC[C@@H](O)C2)n1. The molecule has 2 aromatic heterocycles. The summed E-state index contributed by atoms with van der Waals surface area (Å²) in [6, 6.07) is 14.1. The fourth-order valence-corrected chi connectivity index (χ4v) is 5.64. The molecule has 244 valence electrons. The van der Waals surface area contributed by atoms with Crippen molar-refractivity contribution in [3.63, 3.8) is 0 Å². The number of hydrogen-bond donors (Lipinski definition) is 6. The van der Waals surface area contributed by atoms with E-state index in [1.54, 1.807) is 54.7 Å². The fraction of sp³-hybridized carbons (Fsp3) is 0.375. The van der Waals surface area contributed by atoms with E-state index >= 15 is 0 Å². The summed E-state index contributed by atoms with van der Waals surface area (Å²) in [5.74, 6) is 4.31. The van der Waals surface area contributed by atoms with Crippen LogP contribution in [0.4, 0.5) is 23.5 Å². The molecule has 4 aromatic rings. The van der Waals surface area contributed by atoms with E-state index in [4.69, 9.17) is 44.1 Å². The van der Waals surface area contributed by atoms with Crippen LogP contribution in [-0.2, 0) is 0 Å². The number of anilines is 4.